The lowest BCUT2D eigenvalue weighted by Crippen LogP contribution is -2.15. The molecule has 1 heterocycles. The number of benzene rings is 1. The van der Waals surface area contributed by atoms with Gasteiger partial charge < -0.3 is 5.32 Å². The molecule has 0 saturated heterocycles. The second kappa shape index (κ2) is 5.61. The summed E-state index contributed by atoms with van der Waals surface area (Å²) in [7, 11) is 0. The summed E-state index contributed by atoms with van der Waals surface area (Å²) in [5.74, 6) is 0.729. The first-order chi connectivity index (χ1) is 9.08. The molecule has 2 rings (SSSR count). The van der Waals surface area contributed by atoms with Crippen molar-refractivity contribution in [1.82, 2.24) is 9.97 Å². The zero-order valence-corrected chi connectivity index (χ0v) is 11.3. The van der Waals surface area contributed by atoms with Crippen molar-refractivity contribution in [2.75, 3.05) is 5.32 Å². The highest BCUT2D eigenvalue weighted by atomic mass is 16.1. The van der Waals surface area contributed by atoms with Gasteiger partial charge in [0.05, 0.1) is 0 Å². The Morgan fingerprint density at radius 2 is 1.95 bits per heavy atom. The van der Waals surface area contributed by atoms with Crippen LogP contribution in [0, 0.1) is 6.92 Å². The number of rotatable bonds is 3. The summed E-state index contributed by atoms with van der Waals surface area (Å²) in [5.41, 5.74) is 2.33. The largest absolute Gasteiger partial charge is 0.320 e. The summed E-state index contributed by atoms with van der Waals surface area (Å²) in [5, 5.41) is 2.91. The van der Waals surface area contributed by atoms with Crippen LogP contribution in [-0.4, -0.2) is 15.9 Å². The van der Waals surface area contributed by atoms with E-state index < -0.39 is 0 Å². The number of aromatic nitrogens is 2. The second-order valence-electron chi connectivity index (χ2n) is 4.69. The minimum Gasteiger partial charge on any atom is -0.320 e. The average molecular weight is 255 g/mol. The molecule has 2 aromatic rings. The predicted octanol–water partition coefficient (Wildman–Crippen LogP) is 3.16. The molecule has 0 aliphatic rings. The monoisotopic (exact) mass is 255 g/mol. The fourth-order valence-corrected chi connectivity index (χ4v) is 1.88. The fourth-order valence-electron chi connectivity index (χ4n) is 1.88. The van der Waals surface area contributed by atoms with Gasteiger partial charge in [0, 0.05) is 11.9 Å². The molecule has 1 aromatic carbocycles. The molecule has 0 unspecified atom stereocenters. The van der Waals surface area contributed by atoms with Crippen LogP contribution in [0.1, 0.15) is 41.6 Å². The van der Waals surface area contributed by atoms with Crippen LogP contribution in [0.15, 0.2) is 36.5 Å². The standard InChI is InChI=1S/C15H17N3O/c1-10(2)12-6-4-5-7-13(12)18-15(19)14-8-9-16-11(3)17-14/h4-10H,1-3H3,(H,18,19). The Morgan fingerprint density at radius 1 is 1.21 bits per heavy atom. The fraction of sp³-hybridized carbons (Fsp3) is 0.267. The highest BCUT2D eigenvalue weighted by Gasteiger charge is 2.11. The van der Waals surface area contributed by atoms with E-state index >= 15 is 0 Å². The number of nitrogens with one attached hydrogen (secondary N) is 1. The number of hydrogen-bond acceptors (Lipinski definition) is 3. The van der Waals surface area contributed by atoms with E-state index in [1.165, 1.54) is 0 Å². The molecule has 0 aliphatic heterocycles. The minimum atomic E-state index is -0.210. The van der Waals surface area contributed by atoms with Gasteiger partial charge in [0.2, 0.25) is 0 Å². The molecular formula is C15H17N3O. The highest BCUT2D eigenvalue weighted by Crippen LogP contribution is 2.23. The molecule has 0 bridgehead atoms. The number of nitrogens with zero attached hydrogens (tertiary/aromatic N) is 2. The van der Waals surface area contributed by atoms with Crippen molar-refractivity contribution >= 4 is 11.6 Å². The number of anilines is 1. The van der Waals surface area contributed by atoms with Gasteiger partial charge in [-0.1, -0.05) is 32.0 Å². The maximum Gasteiger partial charge on any atom is 0.274 e. The van der Waals surface area contributed by atoms with Crippen LogP contribution in [0.5, 0.6) is 0 Å². The van der Waals surface area contributed by atoms with Crippen LogP contribution in [0.2, 0.25) is 0 Å². The predicted molar refractivity (Wildman–Crippen MR) is 75.3 cm³/mol. The number of aryl methyl sites for hydroxylation is 1. The third kappa shape index (κ3) is 3.16. The van der Waals surface area contributed by atoms with Gasteiger partial charge in [-0.2, -0.15) is 0 Å². The zero-order valence-electron chi connectivity index (χ0n) is 11.3. The number of carbonyl (C=O) groups excluding carboxylic acids is 1. The summed E-state index contributed by atoms with van der Waals surface area (Å²) < 4.78 is 0. The first kappa shape index (κ1) is 13.2. The van der Waals surface area contributed by atoms with Crippen LogP contribution in [0.3, 0.4) is 0 Å². The Hall–Kier alpha value is -2.23. The molecule has 19 heavy (non-hydrogen) atoms. The Labute approximate surface area is 112 Å². The van der Waals surface area contributed by atoms with Gasteiger partial charge in [0.15, 0.2) is 0 Å². The molecule has 0 fully saturated rings. The molecule has 1 amide bonds. The molecule has 0 saturated carbocycles. The summed E-state index contributed by atoms with van der Waals surface area (Å²) >= 11 is 0. The average Bonchev–Trinajstić information content (AvgIpc) is 2.39. The summed E-state index contributed by atoms with van der Waals surface area (Å²) in [6.07, 6.45) is 1.59. The smallest absolute Gasteiger partial charge is 0.274 e. The molecular weight excluding hydrogens is 238 g/mol. The van der Waals surface area contributed by atoms with Crippen LogP contribution in [-0.2, 0) is 0 Å². The van der Waals surface area contributed by atoms with Crippen molar-refractivity contribution in [1.29, 1.82) is 0 Å². The molecule has 0 atom stereocenters. The van der Waals surface area contributed by atoms with Crippen LogP contribution in [0.4, 0.5) is 5.69 Å². The lowest BCUT2D eigenvalue weighted by atomic mass is 10.0. The Kier molecular flexibility index (Phi) is 3.90. The van der Waals surface area contributed by atoms with E-state index in [9.17, 15) is 4.79 Å². The Bertz CT molecular complexity index is 593. The van der Waals surface area contributed by atoms with E-state index in [2.05, 4.69) is 29.1 Å². The van der Waals surface area contributed by atoms with Gasteiger partial charge in [-0.3, -0.25) is 4.79 Å². The number of amides is 1. The van der Waals surface area contributed by atoms with Crippen molar-refractivity contribution in [3.8, 4) is 0 Å². The molecule has 0 aliphatic carbocycles. The molecule has 0 radical (unpaired) electrons. The number of hydrogen-bond donors (Lipinski definition) is 1. The van der Waals surface area contributed by atoms with Crippen LogP contribution >= 0.6 is 0 Å². The van der Waals surface area contributed by atoms with Gasteiger partial charge >= 0.3 is 0 Å². The van der Waals surface area contributed by atoms with E-state index in [0.717, 1.165) is 11.3 Å². The van der Waals surface area contributed by atoms with E-state index in [-0.39, 0.29) is 5.91 Å². The molecule has 4 heteroatoms. The Morgan fingerprint density at radius 3 is 2.63 bits per heavy atom. The summed E-state index contributed by atoms with van der Waals surface area (Å²) in [6, 6.07) is 9.42. The maximum absolute atomic E-state index is 12.1. The zero-order chi connectivity index (χ0) is 13.8. The minimum absolute atomic E-state index is 0.210. The quantitative estimate of drug-likeness (QED) is 0.916. The number of para-hydroxylation sites is 1. The van der Waals surface area contributed by atoms with Crippen molar-refractivity contribution in [3.63, 3.8) is 0 Å². The molecule has 1 aromatic heterocycles. The Balaban J connectivity index is 2.24. The van der Waals surface area contributed by atoms with Gasteiger partial charge in [-0.25, -0.2) is 9.97 Å². The van der Waals surface area contributed by atoms with E-state index in [4.69, 9.17) is 0 Å². The first-order valence-electron chi connectivity index (χ1n) is 6.28. The van der Waals surface area contributed by atoms with Crippen LogP contribution < -0.4 is 5.32 Å². The first-order valence-corrected chi connectivity index (χ1v) is 6.28. The van der Waals surface area contributed by atoms with E-state index in [1.807, 2.05) is 24.3 Å². The number of carbonyl (C=O) groups is 1. The van der Waals surface area contributed by atoms with Crippen molar-refractivity contribution < 1.29 is 4.79 Å². The topological polar surface area (TPSA) is 54.9 Å². The van der Waals surface area contributed by atoms with Crippen LogP contribution in [0.25, 0.3) is 0 Å². The van der Waals surface area contributed by atoms with Crippen molar-refractivity contribution in [3.05, 3.63) is 53.6 Å². The maximum atomic E-state index is 12.1. The van der Waals surface area contributed by atoms with E-state index in [0.29, 0.717) is 17.4 Å². The van der Waals surface area contributed by atoms with Crippen molar-refractivity contribution in [2.45, 2.75) is 26.7 Å². The van der Waals surface area contributed by atoms with Crippen molar-refractivity contribution in [2.24, 2.45) is 0 Å². The molecule has 4 nitrogen and oxygen atoms in total. The van der Waals surface area contributed by atoms with Gasteiger partial charge in [0.1, 0.15) is 11.5 Å². The molecule has 0 spiro atoms. The third-order valence-electron chi connectivity index (χ3n) is 2.84. The SMILES string of the molecule is Cc1nccc(C(=O)Nc2ccccc2C(C)C)n1. The lowest BCUT2D eigenvalue weighted by Gasteiger charge is -2.13. The summed E-state index contributed by atoms with van der Waals surface area (Å²) in [4.78, 5) is 20.2. The highest BCUT2D eigenvalue weighted by molar-refractivity contribution is 6.03. The van der Waals surface area contributed by atoms with Gasteiger partial charge in [-0.15, -0.1) is 0 Å². The van der Waals surface area contributed by atoms with Gasteiger partial charge in [-0.05, 0) is 30.5 Å². The van der Waals surface area contributed by atoms with E-state index in [1.54, 1.807) is 19.2 Å². The molecule has 98 valence electrons. The molecule has 1 N–H and O–H groups in total. The lowest BCUT2D eigenvalue weighted by molar-refractivity contribution is 0.102. The van der Waals surface area contributed by atoms with Gasteiger partial charge in [0.25, 0.3) is 5.91 Å². The normalized spacial score (nSPS) is 10.5. The third-order valence-corrected chi connectivity index (χ3v) is 2.84. The second-order valence-corrected chi connectivity index (χ2v) is 4.69. The summed E-state index contributed by atoms with van der Waals surface area (Å²) in [6.45, 7) is 5.96.